The van der Waals surface area contributed by atoms with Crippen molar-refractivity contribution in [1.82, 2.24) is 15.0 Å². The summed E-state index contributed by atoms with van der Waals surface area (Å²) in [6.45, 7) is 2.63. The van der Waals surface area contributed by atoms with E-state index in [4.69, 9.17) is 11.6 Å². The van der Waals surface area contributed by atoms with Gasteiger partial charge in [-0.3, -0.25) is 4.79 Å². The van der Waals surface area contributed by atoms with Crippen LogP contribution < -0.4 is 0 Å². The summed E-state index contributed by atoms with van der Waals surface area (Å²) < 4.78 is 1.96. The predicted octanol–water partition coefficient (Wildman–Crippen LogP) is 5.44. The number of hydrogen-bond donors (Lipinski definition) is 0. The van der Waals surface area contributed by atoms with Gasteiger partial charge in [0.25, 0.3) is 0 Å². The minimum atomic E-state index is -0.0251. The molecule has 1 aliphatic rings. The van der Waals surface area contributed by atoms with E-state index in [0.717, 1.165) is 58.9 Å². The maximum atomic E-state index is 11.6. The molecule has 0 radical (unpaired) electrons. The Kier molecular flexibility index (Phi) is 5.86. The molecule has 1 fully saturated rings. The molecule has 0 N–H and O–H groups in total. The Labute approximate surface area is 175 Å². The summed E-state index contributed by atoms with van der Waals surface area (Å²) in [5.74, 6) is 0.412. The molecule has 0 bridgehead atoms. The van der Waals surface area contributed by atoms with Crippen LogP contribution in [0.15, 0.2) is 59.7 Å². The van der Waals surface area contributed by atoms with E-state index in [0.29, 0.717) is 12.3 Å². The van der Waals surface area contributed by atoms with Crippen LogP contribution in [-0.4, -0.2) is 26.6 Å². The molecule has 0 spiro atoms. The Morgan fingerprint density at radius 3 is 2.45 bits per heavy atom. The molecule has 0 aliphatic heterocycles. The largest absolute Gasteiger partial charge is 0.273 e. The second-order valence-corrected chi connectivity index (χ2v) is 7.86. The third-order valence-corrected chi connectivity index (χ3v) is 5.61. The highest BCUT2D eigenvalue weighted by atomic mass is 35.5. The van der Waals surface area contributed by atoms with E-state index < -0.39 is 0 Å². The van der Waals surface area contributed by atoms with E-state index in [1.807, 2.05) is 42.1 Å². The van der Waals surface area contributed by atoms with Crippen LogP contribution in [0.3, 0.4) is 0 Å². The summed E-state index contributed by atoms with van der Waals surface area (Å²) in [6.07, 6.45) is 5.07. The smallest absolute Gasteiger partial charge is 0.245 e. The SMILES string of the molecule is CCC(=O)N=C1CC[C@@H](Cn2nncc2-c2ccc(-c3ccc(Cl)cc3)cc2)C1. The van der Waals surface area contributed by atoms with Crippen LogP contribution in [0.4, 0.5) is 0 Å². The Bertz CT molecular complexity index is 1020. The first-order chi connectivity index (χ1) is 14.1. The number of nitrogens with zero attached hydrogens (tertiary/aromatic N) is 4. The molecule has 3 aromatic rings. The fourth-order valence-electron chi connectivity index (χ4n) is 3.76. The maximum Gasteiger partial charge on any atom is 0.245 e. The summed E-state index contributed by atoms with van der Waals surface area (Å²) in [6, 6.07) is 16.2. The molecular weight excluding hydrogens is 384 g/mol. The Balaban J connectivity index is 1.47. The van der Waals surface area contributed by atoms with Gasteiger partial charge < -0.3 is 0 Å². The van der Waals surface area contributed by atoms with Gasteiger partial charge in [0.1, 0.15) is 0 Å². The van der Waals surface area contributed by atoms with E-state index in [2.05, 4.69) is 39.6 Å². The number of hydrogen-bond acceptors (Lipinski definition) is 3. The van der Waals surface area contributed by atoms with Crippen molar-refractivity contribution in [3.05, 3.63) is 59.8 Å². The predicted molar refractivity (Wildman–Crippen MR) is 116 cm³/mol. The third kappa shape index (κ3) is 4.62. The second kappa shape index (κ2) is 8.70. The lowest BCUT2D eigenvalue weighted by atomic mass is 10.0. The highest BCUT2D eigenvalue weighted by molar-refractivity contribution is 6.30. The molecule has 2 aromatic carbocycles. The normalized spacial score (nSPS) is 17.7. The van der Waals surface area contributed by atoms with Gasteiger partial charge >= 0.3 is 0 Å². The standard InChI is InChI=1S/C23H23ClN4O/c1-2-23(29)26-21-12-3-16(13-21)15-28-22(14-25-27-28)19-6-4-17(5-7-19)18-8-10-20(24)11-9-18/h4-11,14,16H,2-3,12-13,15H2,1H3/t16-/m1/s1. The highest BCUT2D eigenvalue weighted by Crippen LogP contribution is 2.28. The lowest BCUT2D eigenvalue weighted by molar-refractivity contribution is -0.117. The third-order valence-electron chi connectivity index (χ3n) is 5.36. The first-order valence-corrected chi connectivity index (χ1v) is 10.3. The van der Waals surface area contributed by atoms with Gasteiger partial charge in [0.05, 0.1) is 11.9 Å². The molecule has 1 aromatic heterocycles. The van der Waals surface area contributed by atoms with Crippen LogP contribution in [0.25, 0.3) is 22.4 Å². The Hall–Kier alpha value is -2.79. The van der Waals surface area contributed by atoms with Gasteiger partial charge in [-0.15, -0.1) is 5.10 Å². The minimum Gasteiger partial charge on any atom is -0.273 e. The summed E-state index contributed by atoms with van der Waals surface area (Å²) in [4.78, 5) is 15.8. The number of halogens is 1. The van der Waals surface area contributed by atoms with E-state index in [-0.39, 0.29) is 5.91 Å². The molecule has 1 aliphatic carbocycles. The first kappa shape index (κ1) is 19.5. The molecule has 148 valence electrons. The van der Waals surface area contributed by atoms with Gasteiger partial charge in [-0.2, -0.15) is 0 Å². The molecule has 29 heavy (non-hydrogen) atoms. The molecule has 6 heteroatoms. The number of carbonyl (C=O) groups excluding carboxylic acids is 1. The van der Waals surface area contributed by atoms with Crippen LogP contribution in [0.2, 0.25) is 5.02 Å². The van der Waals surface area contributed by atoms with Crippen molar-refractivity contribution in [1.29, 1.82) is 0 Å². The Morgan fingerprint density at radius 2 is 1.76 bits per heavy atom. The fourth-order valence-corrected chi connectivity index (χ4v) is 3.88. The average molecular weight is 407 g/mol. The summed E-state index contributed by atoms with van der Waals surface area (Å²) in [7, 11) is 0. The van der Waals surface area contributed by atoms with Crippen molar-refractivity contribution < 1.29 is 4.79 Å². The molecule has 5 nitrogen and oxygen atoms in total. The van der Waals surface area contributed by atoms with Crippen LogP contribution in [0.5, 0.6) is 0 Å². The van der Waals surface area contributed by atoms with Crippen LogP contribution in [0.1, 0.15) is 32.6 Å². The zero-order valence-electron chi connectivity index (χ0n) is 16.4. The second-order valence-electron chi connectivity index (χ2n) is 7.42. The topological polar surface area (TPSA) is 60.1 Å². The fraction of sp³-hybridized carbons (Fsp3) is 0.304. The summed E-state index contributed by atoms with van der Waals surface area (Å²) in [5.41, 5.74) is 5.38. The quantitative estimate of drug-likeness (QED) is 0.566. The number of aliphatic imine (C=N–C) groups is 1. The van der Waals surface area contributed by atoms with Gasteiger partial charge in [0.2, 0.25) is 5.91 Å². The van der Waals surface area contributed by atoms with E-state index in [1.165, 1.54) is 0 Å². The molecular formula is C23H23ClN4O. The van der Waals surface area contributed by atoms with Crippen molar-refractivity contribution in [2.45, 2.75) is 39.2 Å². The van der Waals surface area contributed by atoms with Gasteiger partial charge in [0, 0.05) is 29.3 Å². The zero-order chi connectivity index (χ0) is 20.2. The maximum absolute atomic E-state index is 11.6. The van der Waals surface area contributed by atoms with Crippen molar-refractivity contribution in [3.8, 4) is 22.4 Å². The van der Waals surface area contributed by atoms with Gasteiger partial charge in [0.15, 0.2) is 0 Å². The molecule has 0 unspecified atom stereocenters. The molecule has 1 heterocycles. The molecule has 1 atom stereocenters. The minimum absolute atomic E-state index is 0.0251. The Morgan fingerprint density at radius 1 is 1.10 bits per heavy atom. The van der Waals surface area contributed by atoms with Crippen molar-refractivity contribution in [2.24, 2.45) is 10.9 Å². The van der Waals surface area contributed by atoms with Crippen molar-refractivity contribution in [2.75, 3.05) is 0 Å². The van der Waals surface area contributed by atoms with E-state index in [1.54, 1.807) is 0 Å². The zero-order valence-corrected chi connectivity index (χ0v) is 17.1. The van der Waals surface area contributed by atoms with Gasteiger partial charge in [-0.05, 0) is 48.4 Å². The van der Waals surface area contributed by atoms with E-state index in [9.17, 15) is 4.79 Å². The lowest BCUT2D eigenvalue weighted by Gasteiger charge is -2.11. The molecule has 1 saturated carbocycles. The summed E-state index contributed by atoms with van der Waals surface area (Å²) in [5, 5.41) is 9.15. The highest BCUT2D eigenvalue weighted by Gasteiger charge is 2.23. The lowest BCUT2D eigenvalue weighted by Crippen LogP contribution is -2.11. The number of carbonyl (C=O) groups is 1. The number of aromatic nitrogens is 3. The summed E-state index contributed by atoms with van der Waals surface area (Å²) >= 11 is 5.98. The number of benzene rings is 2. The number of rotatable bonds is 5. The van der Waals surface area contributed by atoms with Gasteiger partial charge in [-0.1, -0.05) is 60.1 Å². The van der Waals surface area contributed by atoms with E-state index >= 15 is 0 Å². The van der Waals surface area contributed by atoms with Crippen LogP contribution in [0, 0.1) is 5.92 Å². The van der Waals surface area contributed by atoms with Gasteiger partial charge in [-0.25, -0.2) is 9.67 Å². The molecule has 0 saturated heterocycles. The molecule has 4 rings (SSSR count). The number of amides is 1. The molecule has 1 amide bonds. The first-order valence-electron chi connectivity index (χ1n) is 9.96. The van der Waals surface area contributed by atoms with Crippen LogP contribution in [-0.2, 0) is 11.3 Å². The van der Waals surface area contributed by atoms with Crippen molar-refractivity contribution in [3.63, 3.8) is 0 Å². The van der Waals surface area contributed by atoms with Crippen LogP contribution >= 0.6 is 11.6 Å². The average Bonchev–Trinajstić information content (AvgIpc) is 3.38. The monoisotopic (exact) mass is 406 g/mol. The van der Waals surface area contributed by atoms with Crippen molar-refractivity contribution >= 4 is 23.2 Å².